The predicted octanol–water partition coefficient (Wildman–Crippen LogP) is 4.54. The molecule has 1 atom stereocenters. The molecule has 30 heavy (non-hydrogen) atoms. The predicted molar refractivity (Wildman–Crippen MR) is 102 cm³/mol. The molecule has 1 aliphatic rings. The van der Waals surface area contributed by atoms with Crippen LogP contribution in [0.25, 0.3) is 15.6 Å². The largest absolute Gasteiger partial charge is 0.433 e. The minimum atomic E-state index is -4.74. The summed E-state index contributed by atoms with van der Waals surface area (Å²) in [5.74, 6) is 0. The fourth-order valence-corrected chi connectivity index (χ4v) is 3.35. The quantitative estimate of drug-likeness (QED) is 0.584. The van der Waals surface area contributed by atoms with Gasteiger partial charge in [0, 0.05) is 23.2 Å². The van der Waals surface area contributed by atoms with E-state index in [0.717, 1.165) is 16.5 Å². The Kier molecular flexibility index (Phi) is 4.47. The Bertz CT molecular complexity index is 1240. The van der Waals surface area contributed by atoms with Gasteiger partial charge in [0.15, 0.2) is 0 Å². The van der Waals surface area contributed by atoms with Crippen LogP contribution in [-0.2, 0) is 6.18 Å². The lowest BCUT2D eigenvalue weighted by molar-refractivity contribution is -0.141. The summed E-state index contributed by atoms with van der Waals surface area (Å²) in [7, 11) is 0. The molecular formula is C20H11F3N6O. The highest BCUT2D eigenvalue weighted by atomic mass is 19.4. The molecule has 0 radical (unpaired) electrons. The molecule has 0 aliphatic carbocycles. The second-order valence-corrected chi connectivity index (χ2v) is 6.46. The lowest BCUT2D eigenvalue weighted by Gasteiger charge is -2.22. The van der Waals surface area contributed by atoms with Gasteiger partial charge in [0.05, 0.1) is 36.8 Å². The van der Waals surface area contributed by atoms with E-state index in [1.807, 2.05) is 6.07 Å². The molecule has 0 saturated carbocycles. The summed E-state index contributed by atoms with van der Waals surface area (Å²) in [4.78, 5) is 26.0. The van der Waals surface area contributed by atoms with Crippen molar-refractivity contribution in [3.8, 4) is 6.07 Å². The Morgan fingerprint density at radius 2 is 1.97 bits per heavy atom. The minimum absolute atomic E-state index is 0.206. The number of carbonyl (C=O) groups excluding carboxylic acids is 1. The maximum absolute atomic E-state index is 13.2. The van der Waals surface area contributed by atoms with E-state index in [2.05, 4.69) is 14.8 Å². The van der Waals surface area contributed by atoms with Crippen molar-refractivity contribution >= 4 is 33.9 Å². The van der Waals surface area contributed by atoms with Crippen molar-refractivity contribution in [3.63, 3.8) is 0 Å². The number of carbonyl (C=O) groups is 1. The SMILES string of the molecule is [C-]#[N+]c1cnc(C(F)(F)F)cc1N1CC(C#N)N(c2cncc3ccccc23)C1=O. The molecule has 0 N–H and O–H groups in total. The zero-order chi connectivity index (χ0) is 21.5. The summed E-state index contributed by atoms with van der Waals surface area (Å²) in [6.45, 7) is 7.03. The van der Waals surface area contributed by atoms with Crippen LogP contribution in [-0.4, -0.2) is 28.6 Å². The first-order valence-corrected chi connectivity index (χ1v) is 8.63. The number of nitriles is 1. The summed E-state index contributed by atoms with van der Waals surface area (Å²) >= 11 is 0. The van der Waals surface area contributed by atoms with Crippen LogP contribution in [0.1, 0.15) is 5.69 Å². The Morgan fingerprint density at radius 1 is 1.20 bits per heavy atom. The van der Waals surface area contributed by atoms with E-state index in [1.165, 1.54) is 11.1 Å². The molecule has 1 aromatic carbocycles. The van der Waals surface area contributed by atoms with Gasteiger partial charge in [0.25, 0.3) is 0 Å². The lowest BCUT2D eigenvalue weighted by Crippen LogP contribution is -2.34. The van der Waals surface area contributed by atoms with Crippen molar-refractivity contribution < 1.29 is 18.0 Å². The first-order chi connectivity index (χ1) is 14.3. The molecule has 1 aliphatic heterocycles. The monoisotopic (exact) mass is 408 g/mol. The molecule has 3 heterocycles. The van der Waals surface area contributed by atoms with Crippen molar-refractivity contribution in [2.45, 2.75) is 12.2 Å². The van der Waals surface area contributed by atoms with E-state index >= 15 is 0 Å². The second kappa shape index (κ2) is 7.01. The van der Waals surface area contributed by atoms with Crippen LogP contribution in [0.15, 0.2) is 48.9 Å². The molecule has 2 aromatic heterocycles. The van der Waals surface area contributed by atoms with Gasteiger partial charge in [-0.25, -0.2) is 9.64 Å². The maximum atomic E-state index is 13.2. The molecule has 3 aromatic rings. The van der Waals surface area contributed by atoms with E-state index < -0.39 is 23.9 Å². The fraction of sp³-hybridized carbons (Fsp3) is 0.150. The average molecular weight is 408 g/mol. The number of benzene rings is 1. The first-order valence-electron chi connectivity index (χ1n) is 8.63. The van der Waals surface area contributed by atoms with Crippen molar-refractivity contribution in [3.05, 3.63) is 66.0 Å². The number of anilines is 2. The van der Waals surface area contributed by atoms with Crippen LogP contribution >= 0.6 is 0 Å². The Labute approximate surface area is 168 Å². The summed E-state index contributed by atoms with van der Waals surface area (Å²) in [5, 5.41) is 11.0. The molecule has 4 rings (SSSR count). The number of pyridine rings is 2. The van der Waals surface area contributed by atoms with Crippen LogP contribution in [0.2, 0.25) is 0 Å². The summed E-state index contributed by atoms with van der Waals surface area (Å²) < 4.78 is 39.4. The number of alkyl halides is 3. The molecule has 0 bridgehead atoms. The summed E-state index contributed by atoms with van der Waals surface area (Å²) in [6, 6.07) is 8.08. The third-order valence-electron chi connectivity index (χ3n) is 4.72. The third kappa shape index (κ3) is 3.05. The minimum Gasteiger partial charge on any atom is -0.300 e. The van der Waals surface area contributed by atoms with Gasteiger partial charge in [-0.15, -0.1) is 0 Å². The molecule has 7 nitrogen and oxygen atoms in total. The molecule has 148 valence electrons. The molecule has 1 saturated heterocycles. The number of hydrogen-bond donors (Lipinski definition) is 0. The molecule has 10 heteroatoms. The van der Waals surface area contributed by atoms with Gasteiger partial charge in [0.2, 0.25) is 5.69 Å². The van der Waals surface area contributed by atoms with Gasteiger partial charge < -0.3 is 4.90 Å². The highest BCUT2D eigenvalue weighted by Gasteiger charge is 2.42. The van der Waals surface area contributed by atoms with E-state index in [4.69, 9.17) is 6.57 Å². The number of hydrogen-bond acceptors (Lipinski definition) is 4. The Balaban J connectivity index is 1.84. The second-order valence-electron chi connectivity index (χ2n) is 6.46. The topological polar surface area (TPSA) is 77.5 Å². The number of urea groups is 1. The number of fused-ring (bicyclic) bond motifs is 1. The normalized spacial score (nSPS) is 16.6. The summed E-state index contributed by atoms with van der Waals surface area (Å²) in [6.07, 6.45) is -0.931. The van der Waals surface area contributed by atoms with Crippen LogP contribution in [0, 0.1) is 17.9 Å². The molecule has 1 fully saturated rings. The number of nitrogens with zero attached hydrogens (tertiary/aromatic N) is 6. The zero-order valence-electron chi connectivity index (χ0n) is 15.1. The Morgan fingerprint density at radius 3 is 2.67 bits per heavy atom. The Hall–Kier alpha value is -4.18. The summed E-state index contributed by atoms with van der Waals surface area (Å²) in [5.41, 5.74) is -1.32. The lowest BCUT2D eigenvalue weighted by atomic mass is 10.1. The van der Waals surface area contributed by atoms with Crippen molar-refractivity contribution in [1.29, 1.82) is 5.26 Å². The maximum Gasteiger partial charge on any atom is 0.433 e. The van der Waals surface area contributed by atoms with Crippen molar-refractivity contribution in [2.75, 3.05) is 16.3 Å². The van der Waals surface area contributed by atoms with E-state index in [9.17, 15) is 23.2 Å². The van der Waals surface area contributed by atoms with E-state index in [0.29, 0.717) is 17.1 Å². The van der Waals surface area contributed by atoms with Crippen molar-refractivity contribution in [2.24, 2.45) is 0 Å². The number of amides is 2. The standard InChI is InChI=1S/C20H11F3N6O/c1-25-15-9-27-18(20(21,22)23)6-16(15)28-11-13(7-24)29(19(28)30)17-10-26-8-12-4-2-3-5-14(12)17/h2-6,8-10,13H,11H2. The number of rotatable bonds is 2. The van der Waals surface area contributed by atoms with Gasteiger partial charge in [-0.05, 0) is 6.07 Å². The fourth-order valence-electron chi connectivity index (χ4n) is 3.35. The highest BCUT2D eigenvalue weighted by Crippen LogP contribution is 2.39. The highest BCUT2D eigenvalue weighted by molar-refractivity contribution is 6.12. The van der Waals surface area contributed by atoms with Crippen LogP contribution in [0.3, 0.4) is 0 Å². The van der Waals surface area contributed by atoms with Gasteiger partial charge in [0.1, 0.15) is 11.7 Å². The van der Waals surface area contributed by atoms with E-state index in [-0.39, 0.29) is 17.9 Å². The number of aromatic nitrogens is 2. The molecule has 1 unspecified atom stereocenters. The van der Waals surface area contributed by atoms with Gasteiger partial charge in [-0.3, -0.25) is 14.9 Å². The molecule has 2 amide bonds. The first kappa shape index (κ1) is 19.2. The smallest absolute Gasteiger partial charge is 0.300 e. The third-order valence-corrected chi connectivity index (χ3v) is 4.72. The van der Waals surface area contributed by atoms with Gasteiger partial charge >= 0.3 is 12.2 Å². The van der Waals surface area contributed by atoms with Crippen LogP contribution in [0.5, 0.6) is 0 Å². The van der Waals surface area contributed by atoms with Crippen LogP contribution < -0.4 is 9.80 Å². The van der Waals surface area contributed by atoms with Crippen LogP contribution in [0.4, 0.5) is 35.0 Å². The van der Waals surface area contributed by atoms with Gasteiger partial charge in [-0.2, -0.15) is 18.4 Å². The molecular weight excluding hydrogens is 397 g/mol. The average Bonchev–Trinajstić information content (AvgIpc) is 3.08. The number of halogens is 3. The molecule has 0 spiro atoms. The van der Waals surface area contributed by atoms with Crippen molar-refractivity contribution in [1.82, 2.24) is 9.97 Å². The van der Waals surface area contributed by atoms with Gasteiger partial charge in [-0.1, -0.05) is 24.3 Å². The van der Waals surface area contributed by atoms with E-state index in [1.54, 1.807) is 30.5 Å². The zero-order valence-corrected chi connectivity index (χ0v) is 15.1.